The zero-order chi connectivity index (χ0) is 15.3. The number of rotatable bonds is 6. The van der Waals surface area contributed by atoms with Crippen LogP contribution in [-0.2, 0) is 4.74 Å². The molecule has 1 fully saturated rings. The van der Waals surface area contributed by atoms with Crippen molar-refractivity contribution in [3.8, 4) is 0 Å². The lowest BCUT2D eigenvalue weighted by Crippen LogP contribution is -2.39. The molecule has 2 nitrogen and oxygen atoms in total. The van der Waals surface area contributed by atoms with Crippen LogP contribution in [0.3, 0.4) is 0 Å². The molecule has 126 valence electrons. The van der Waals surface area contributed by atoms with E-state index in [-0.39, 0.29) is 0 Å². The topological polar surface area (TPSA) is 21.3 Å². The van der Waals surface area contributed by atoms with E-state index in [1.54, 1.807) is 0 Å². The molecule has 0 bridgehead atoms. The van der Waals surface area contributed by atoms with Gasteiger partial charge in [0.2, 0.25) is 0 Å². The molecule has 1 aliphatic carbocycles. The summed E-state index contributed by atoms with van der Waals surface area (Å²) >= 11 is 0. The van der Waals surface area contributed by atoms with E-state index in [0.29, 0.717) is 12.1 Å². The predicted molar refractivity (Wildman–Crippen MR) is 92.8 cm³/mol. The predicted octanol–water partition coefficient (Wildman–Crippen LogP) is 5.31. The number of nitrogens with one attached hydrogen (secondary N) is 1. The lowest BCUT2D eigenvalue weighted by Gasteiger charge is -2.28. The molecule has 0 spiro atoms. The van der Waals surface area contributed by atoms with Crippen molar-refractivity contribution in [2.75, 3.05) is 13.7 Å². The van der Waals surface area contributed by atoms with Crippen molar-refractivity contribution in [3.63, 3.8) is 0 Å². The second-order valence-corrected chi connectivity index (χ2v) is 7.25. The van der Waals surface area contributed by atoms with E-state index in [2.05, 4.69) is 26.2 Å². The van der Waals surface area contributed by atoms with Gasteiger partial charge in [-0.05, 0) is 38.6 Å². The molecule has 0 amide bonds. The van der Waals surface area contributed by atoms with E-state index in [1.165, 1.54) is 77.0 Å². The van der Waals surface area contributed by atoms with Gasteiger partial charge in [0.1, 0.15) is 0 Å². The number of likely N-dealkylation sites (N-methyl/N-ethyl adjacent to an activating group) is 1. The van der Waals surface area contributed by atoms with Crippen LogP contribution >= 0.6 is 0 Å². The van der Waals surface area contributed by atoms with Crippen molar-refractivity contribution in [2.24, 2.45) is 5.92 Å². The van der Waals surface area contributed by atoms with E-state index in [9.17, 15) is 0 Å². The summed E-state index contributed by atoms with van der Waals surface area (Å²) in [4.78, 5) is 0. The second kappa shape index (κ2) is 12.5. The van der Waals surface area contributed by atoms with Crippen molar-refractivity contribution >= 4 is 0 Å². The average Bonchev–Trinajstić information content (AvgIpc) is 2.45. The highest BCUT2D eigenvalue weighted by atomic mass is 16.5. The Hall–Kier alpha value is -0.0800. The third kappa shape index (κ3) is 9.52. The molecule has 2 heteroatoms. The van der Waals surface area contributed by atoms with Gasteiger partial charge in [-0.2, -0.15) is 0 Å². The van der Waals surface area contributed by atoms with Gasteiger partial charge in [-0.1, -0.05) is 65.2 Å². The minimum absolute atomic E-state index is 0.432. The highest BCUT2D eigenvalue weighted by Crippen LogP contribution is 2.20. The summed E-state index contributed by atoms with van der Waals surface area (Å²) in [7, 11) is 2.11. The number of ether oxygens (including phenoxy) is 1. The van der Waals surface area contributed by atoms with Gasteiger partial charge in [0.05, 0.1) is 6.10 Å². The van der Waals surface area contributed by atoms with E-state index < -0.39 is 0 Å². The first kappa shape index (κ1) is 19.0. The Balaban J connectivity index is 2.38. The minimum Gasteiger partial charge on any atom is -0.377 e. The van der Waals surface area contributed by atoms with Crippen molar-refractivity contribution in [1.29, 1.82) is 0 Å². The molecule has 1 saturated carbocycles. The summed E-state index contributed by atoms with van der Waals surface area (Å²) in [6.45, 7) is 5.54. The quantitative estimate of drug-likeness (QED) is 0.671. The Morgan fingerprint density at radius 3 is 2.05 bits per heavy atom. The first-order valence-corrected chi connectivity index (χ1v) is 9.53. The molecule has 1 aliphatic rings. The third-order valence-electron chi connectivity index (χ3n) is 4.83. The van der Waals surface area contributed by atoms with Gasteiger partial charge in [-0.15, -0.1) is 0 Å². The largest absolute Gasteiger partial charge is 0.377 e. The van der Waals surface area contributed by atoms with Crippen molar-refractivity contribution < 1.29 is 4.74 Å². The fourth-order valence-electron chi connectivity index (χ4n) is 3.41. The maximum absolute atomic E-state index is 6.28. The fourth-order valence-corrected chi connectivity index (χ4v) is 3.41. The summed E-state index contributed by atoms with van der Waals surface area (Å²) in [5.41, 5.74) is 0. The van der Waals surface area contributed by atoms with Crippen LogP contribution in [0.4, 0.5) is 0 Å². The first-order chi connectivity index (χ1) is 10.2. The summed E-state index contributed by atoms with van der Waals surface area (Å²) in [5.74, 6) is 0.796. The normalized spacial score (nSPS) is 26.3. The van der Waals surface area contributed by atoms with Crippen molar-refractivity contribution in [3.05, 3.63) is 0 Å². The molecule has 2 atom stereocenters. The van der Waals surface area contributed by atoms with Crippen LogP contribution in [0.2, 0.25) is 0 Å². The highest BCUT2D eigenvalue weighted by Gasteiger charge is 2.20. The SMILES string of the molecule is CNC1CCCCCCCCCCC1OCCCC(C)C. The smallest absolute Gasteiger partial charge is 0.0727 e. The summed E-state index contributed by atoms with van der Waals surface area (Å²) in [6.07, 6.45) is 16.7. The fraction of sp³-hybridized carbons (Fsp3) is 1.00. The average molecular weight is 298 g/mol. The van der Waals surface area contributed by atoms with Gasteiger partial charge >= 0.3 is 0 Å². The maximum atomic E-state index is 6.28. The van der Waals surface area contributed by atoms with Gasteiger partial charge in [0, 0.05) is 12.6 Å². The molecule has 0 aromatic rings. The van der Waals surface area contributed by atoms with Crippen molar-refractivity contribution in [2.45, 2.75) is 103 Å². The molecule has 2 unspecified atom stereocenters. The highest BCUT2D eigenvalue weighted by molar-refractivity contribution is 4.76. The zero-order valence-electron chi connectivity index (χ0n) is 14.8. The molecule has 0 heterocycles. The van der Waals surface area contributed by atoms with Gasteiger partial charge in [0.15, 0.2) is 0 Å². The number of hydrogen-bond acceptors (Lipinski definition) is 2. The van der Waals surface area contributed by atoms with Crippen LogP contribution in [0.15, 0.2) is 0 Å². The molecule has 1 rings (SSSR count). The van der Waals surface area contributed by atoms with E-state index in [1.807, 2.05) is 0 Å². The lowest BCUT2D eigenvalue weighted by atomic mass is 9.95. The second-order valence-electron chi connectivity index (χ2n) is 7.25. The number of hydrogen-bond donors (Lipinski definition) is 1. The third-order valence-corrected chi connectivity index (χ3v) is 4.83. The summed E-state index contributed by atoms with van der Waals surface area (Å²) < 4.78 is 6.28. The molecule has 0 aromatic heterocycles. The van der Waals surface area contributed by atoms with Crippen LogP contribution < -0.4 is 5.32 Å². The molecule has 0 radical (unpaired) electrons. The lowest BCUT2D eigenvalue weighted by molar-refractivity contribution is 0.0151. The van der Waals surface area contributed by atoms with Gasteiger partial charge < -0.3 is 10.1 Å². The molecular weight excluding hydrogens is 258 g/mol. The van der Waals surface area contributed by atoms with Gasteiger partial charge in [-0.3, -0.25) is 0 Å². The molecule has 21 heavy (non-hydrogen) atoms. The Kier molecular flexibility index (Phi) is 11.3. The first-order valence-electron chi connectivity index (χ1n) is 9.53. The van der Waals surface area contributed by atoms with Crippen molar-refractivity contribution in [1.82, 2.24) is 5.32 Å². The van der Waals surface area contributed by atoms with E-state index in [0.717, 1.165) is 12.5 Å². The summed E-state index contributed by atoms with van der Waals surface area (Å²) in [5, 5.41) is 3.53. The molecule has 0 aliphatic heterocycles. The monoisotopic (exact) mass is 297 g/mol. The minimum atomic E-state index is 0.432. The van der Waals surface area contributed by atoms with Gasteiger partial charge in [0.25, 0.3) is 0 Å². The van der Waals surface area contributed by atoms with E-state index in [4.69, 9.17) is 4.74 Å². The maximum Gasteiger partial charge on any atom is 0.0727 e. The van der Waals surface area contributed by atoms with Crippen LogP contribution in [0.5, 0.6) is 0 Å². The molecular formula is C19H39NO. The standard InChI is InChI=1S/C19H39NO/c1-17(2)13-12-16-21-19-15-11-9-7-5-4-6-8-10-14-18(19)20-3/h17-20H,4-16H2,1-3H3. The van der Waals surface area contributed by atoms with Gasteiger partial charge in [-0.25, -0.2) is 0 Å². The van der Waals surface area contributed by atoms with Crippen LogP contribution in [0.1, 0.15) is 90.9 Å². The Labute approximate surface area is 133 Å². The van der Waals surface area contributed by atoms with Crippen LogP contribution in [-0.4, -0.2) is 25.8 Å². The Morgan fingerprint density at radius 1 is 0.905 bits per heavy atom. The molecule has 0 saturated heterocycles. The summed E-state index contributed by atoms with van der Waals surface area (Å²) in [6, 6.07) is 0.559. The zero-order valence-corrected chi connectivity index (χ0v) is 14.8. The van der Waals surface area contributed by atoms with E-state index >= 15 is 0 Å². The molecule has 1 N–H and O–H groups in total. The van der Waals surface area contributed by atoms with Crippen LogP contribution in [0, 0.1) is 5.92 Å². The Morgan fingerprint density at radius 2 is 1.48 bits per heavy atom. The molecule has 0 aromatic carbocycles. The Bertz CT molecular complexity index is 230. The van der Waals surface area contributed by atoms with Crippen LogP contribution in [0.25, 0.3) is 0 Å².